The van der Waals surface area contributed by atoms with Gasteiger partial charge in [0, 0.05) is 40.0 Å². The van der Waals surface area contributed by atoms with Crippen LogP contribution in [0.15, 0.2) is 23.8 Å². The van der Waals surface area contributed by atoms with E-state index in [9.17, 15) is 28.8 Å². The molecule has 7 rings (SSSR count). The van der Waals surface area contributed by atoms with Crippen molar-refractivity contribution < 1.29 is 66.7 Å². The first-order valence-electron chi connectivity index (χ1n) is 20.1. The Morgan fingerprint density at radius 3 is 2.14 bits per heavy atom. The third-order valence-corrected chi connectivity index (χ3v) is 14.5. The Morgan fingerprint density at radius 1 is 0.804 bits per heavy atom. The second-order valence-corrected chi connectivity index (χ2v) is 17.7. The molecular formula is C42H56O14. The van der Waals surface area contributed by atoms with E-state index in [0.717, 1.165) is 59.3 Å². The summed E-state index contributed by atoms with van der Waals surface area (Å²) in [7, 11) is 0. The van der Waals surface area contributed by atoms with Gasteiger partial charge in [0.2, 0.25) is 0 Å². The Kier molecular flexibility index (Phi) is 11.1. The van der Waals surface area contributed by atoms with Crippen LogP contribution in [-0.2, 0) is 66.7 Å². The summed E-state index contributed by atoms with van der Waals surface area (Å²) in [5.41, 5.74) is -0.0524. The minimum Gasteiger partial charge on any atom is -0.463 e. The molecule has 15 atom stereocenters. The molecule has 56 heavy (non-hydrogen) atoms. The van der Waals surface area contributed by atoms with Gasteiger partial charge < -0.3 is 37.9 Å². The summed E-state index contributed by atoms with van der Waals surface area (Å²) in [6.45, 7) is 10.8. The van der Waals surface area contributed by atoms with Gasteiger partial charge in [-0.15, -0.1) is 0 Å². The third kappa shape index (κ3) is 7.12. The van der Waals surface area contributed by atoms with Crippen LogP contribution in [0.25, 0.3) is 0 Å². The molecule has 0 N–H and O–H groups in total. The third-order valence-electron chi connectivity index (χ3n) is 14.5. The van der Waals surface area contributed by atoms with Gasteiger partial charge in [-0.2, -0.15) is 0 Å². The maximum atomic E-state index is 13.9. The molecule has 3 heterocycles. The van der Waals surface area contributed by atoms with Crippen molar-refractivity contribution in [3.05, 3.63) is 23.8 Å². The zero-order valence-corrected chi connectivity index (χ0v) is 33.4. The number of ether oxygens (including phenoxy) is 8. The van der Waals surface area contributed by atoms with Crippen LogP contribution in [0.3, 0.4) is 0 Å². The van der Waals surface area contributed by atoms with Gasteiger partial charge >= 0.3 is 29.8 Å². The molecule has 2 saturated carbocycles. The number of carbonyl (C=O) groups excluding carboxylic acids is 6. The molecule has 0 aromatic carbocycles. The highest BCUT2D eigenvalue weighted by atomic mass is 16.7. The second-order valence-electron chi connectivity index (χ2n) is 17.7. The van der Waals surface area contributed by atoms with E-state index in [4.69, 9.17) is 37.9 Å². The number of rotatable bonds is 9. The first kappa shape index (κ1) is 40.6. The lowest BCUT2D eigenvalue weighted by Crippen LogP contribution is -2.64. The zero-order chi connectivity index (χ0) is 40.3. The summed E-state index contributed by atoms with van der Waals surface area (Å²) in [5, 5.41) is 0. The van der Waals surface area contributed by atoms with Crippen LogP contribution in [0, 0.1) is 46.3 Å². The van der Waals surface area contributed by atoms with E-state index >= 15 is 0 Å². The predicted octanol–water partition coefficient (Wildman–Crippen LogP) is 4.35. The molecule has 14 heteroatoms. The van der Waals surface area contributed by atoms with E-state index in [-0.39, 0.29) is 29.8 Å². The fourth-order valence-electron chi connectivity index (χ4n) is 11.9. The van der Waals surface area contributed by atoms with E-state index in [1.54, 1.807) is 6.08 Å². The van der Waals surface area contributed by atoms with Crippen molar-refractivity contribution in [3.63, 3.8) is 0 Å². The fraction of sp³-hybridized carbons (Fsp3) is 0.762. The molecule has 14 nitrogen and oxygen atoms in total. The quantitative estimate of drug-likeness (QED) is 0.183. The van der Waals surface area contributed by atoms with Crippen molar-refractivity contribution in [1.82, 2.24) is 0 Å². The van der Waals surface area contributed by atoms with Crippen molar-refractivity contribution in [2.24, 2.45) is 46.3 Å². The lowest BCUT2D eigenvalue weighted by atomic mass is 9.47. The minimum atomic E-state index is -1.43. The smallest absolute Gasteiger partial charge is 0.314 e. The number of hydrogen-bond donors (Lipinski definition) is 0. The van der Waals surface area contributed by atoms with Crippen LogP contribution in [0.2, 0.25) is 0 Å². The Hall–Kier alpha value is -3.62. The first-order chi connectivity index (χ1) is 26.5. The van der Waals surface area contributed by atoms with Crippen LogP contribution in [0.4, 0.5) is 0 Å². The van der Waals surface area contributed by atoms with Crippen molar-refractivity contribution in [2.45, 2.75) is 136 Å². The summed E-state index contributed by atoms with van der Waals surface area (Å²) >= 11 is 0. The highest BCUT2D eigenvalue weighted by Gasteiger charge is 2.64. The standard InChI is InChI=1S/C42H56O14/c1-21(43)49-20-33-35(52-22(2)44)36(53-23(3)45)37(54-24(4)46)39(56-33)50-19-31-38(48)55-32-17-41(31,6)51-18-27(32)29-14-13-28-26-12-11-25-9-8-10-34(47)42(25,7)30(26)15-16-40(28,29)5/h8,10-11,26-33,35-37,39H,9,12-20H2,1-7H3/t26-,27-,28-,29-,30-,31-,32+,33+,35+,36-,37+,39+,40-,41+,42-/m0/s1. The van der Waals surface area contributed by atoms with Crippen LogP contribution >= 0.6 is 0 Å². The van der Waals surface area contributed by atoms with Gasteiger partial charge in [-0.25, -0.2) is 0 Å². The lowest BCUT2D eigenvalue weighted by molar-refractivity contribution is -0.315. The van der Waals surface area contributed by atoms with Gasteiger partial charge in [-0.3, -0.25) is 28.8 Å². The van der Waals surface area contributed by atoms with Crippen molar-refractivity contribution in [3.8, 4) is 0 Å². The molecule has 308 valence electrons. The number of fused-ring (bicyclic) bond motifs is 7. The number of ketones is 1. The Labute approximate surface area is 327 Å². The van der Waals surface area contributed by atoms with E-state index in [1.807, 2.05) is 13.0 Å². The van der Waals surface area contributed by atoms with Crippen LogP contribution in [-0.4, -0.2) is 97.9 Å². The summed E-state index contributed by atoms with van der Waals surface area (Å²) in [4.78, 5) is 75.7. The maximum Gasteiger partial charge on any atom is 0.314 e. The van der Waals surface area contributed by atoms with Crippen LogP contribution in [0.5, 0.6) is 0 Å². The molecule has 7 aliphatic rings. The van der Waals surface area contributed by atoms with Gasteiger partial charge in [0.25, 0.3) is 0 Å². The summed E-state index contributed by atoms with van der Waals surface area (Å²) in [5.74, 6) is -2.49. The van der Waals surface area contributed by atoms with E-state index < -0.39 is 84.1 Å². The van der Waals surface area contributed by atoms with Gasteiger partial charge in [-0.1, -0.05) is 24.6 Å². The zero-order valence-electron chi connectivity index (χ0n) is 33.4. The Bertz CT molecular complexity index is 1690. The topological polar surface area (TPSA) is 176 Å². The number of carbonyl (C=O) groups is 6. The minimum absolute atomic E-state index is 0.0183. The highest BCUT2D eigenvalue weighted by molar-refractivity contribution is 5.98. The monoisotopic (exact) mass is 784 g/mol. The number of hydrogen-bond acceptors (Lipinski definition) is 14. The van der Waals surface area contributed by atoms with Gasteiger partial charge in [0.05, 0.1) is 24.2 Å². The Morgan fingerprint density at radius 2 is 1.46 bits per heavy atom. The SMILES string of the molecule is CC(=O)OC[C@H]1O[C@@H](OC[C@H]2C(=O)O[C@@H]3C[C@@]2(C)OC[C@H]3[C@@H]2CC[C@H]3[C@@H]4CC=C5CC=CC(=O)[C@]5(C)[C@H]4CC[C@]23C)[C@H](OC(C)=O)[C@@H](OC(C)=O)[C@@H]1OC(C)=O. The van der Waals surface area contributed by atoms with Crippen LogP contribution in [0.1, 0.15) is 93.4 Å². The molecule has 2 bridgehead atoms. The maximum absolute atomic E-state index is 13.9. The highest BCUT2D eigenvalue weighted by Crippen LogP contribution is 2.67. The normalized spacial score (nSPS) is 43.9. The van der Waals surface area contributed by atoms with Gasteiger partial charge in [0.15, 0.2) is 30.4 Å². The molecule has 0 amide bonds. The molecule has 5 fully saturated rings. The molecule has 0 aromatic rings. The van der Waals surface area contributed by atoms with Crippen LogP contribution < -0.4 is 0 Å². The molecule has 3 saturated heterocycles. The molecule has 0 spiro atoms. The fourth-order valence-corrected chi connectivity index (χ4v) is 11.9. The molecule has 4 aliphatic carbocycles. The molecule has 0 aromatic heterocycles. The molecule has 0 radical (unpaired) electrons. The predicted molar refractivity (Wildman–Crippen MR) is 194 cm³/mol. The number of allylic oxidation sites excluding steroid dienone is 4. The summed E-state index contributed by atoms with van der Waals surface area (Å²) in [6, 6.07) is 0. The average molecular weight is 785 g/mol. The Balaban J connectivity index is 1.06. The second kappa shape index (κ2) is 15.3. The van der Waals surface area contributed by atoms with E-state index in [2.05, 4.69) is 19.9 Å². The number of esters is 5. The van der Waals surface area contributed by atoms with Crippen molar-refractivity contribution in [2.75, 3.05) is 19.8 Å². The van der Waals surface area contributed by atoms with Gasteiger partial charge in [-0.05, 0) is 87.5 Å². The average Bonchev–Trinajstić information content (AvgIpc) is 3.46. The molecule has 3 aliphatic heterocycles. The summed E-state index contributed by atoms with van der Waals surface area (Å²) < 4.78 is 46.9. The lowest BCUT2D eigenvalue weighted by Gasteiger charge is -2.58. The van der Waals surface area contributed by atoms with Crippen molar-refractivity contribution >= 4 is 35.6 Å². The van der Waals surface area contributed by atoms with Crippen molar-refractivity contribution in [1.29, 1.82) is 0 Å². The van der Waals surface area contributed by atoms with Gasteiger partial charge in [0.1, 0.15) is 24.7 Å². The summed E-state index contributed by atoms with van der Waals surface area (Å²) in [6.07, 6.45) is 5.47. The largest absolute Gasteiger partial charge is 0.463 e. The van der Waals surface area contributed by atoms with E-state index in [0.29, 0.717) is 36.7 Å². The molecule has 0 unspecified atom stereocenters. The first-order valence-corrected chi connectivity index (χ1v) is 20.1. The van der Waals surface area contributed by atoms with E-state index in [1.165, 1.54) is 12.5 Å². The molecular weight excluding hydrogens is 728 g/mol.